The summed E-state index contributed by atoms with van der Waals surface area (Å²) in [5.74, 6) is 2.29. The van der Waals surface area contributed by atoms with E-state index in [4.69, 9.17) is 24.7 Å². The second-order valence-electron chi connectivity index (χ2n) is 3.62. The van der Waals surface area contributed by atoms with Crippen LogP contribution in [0.1, 0.15) is 6.42 Å². The minimum atomic E-state index is 0.283. The summed E-state index contributed by atoms with van der Waals surface area (Å²) in [4.78, 5) is 0. The van der Waals surface area contributed by atoms with Crippen molar-refractivity contribution in [3.8, 4) is 17.2 Å². The summed E-state index contributed by atoms with van der Waals surface area (Å²) in [7, 11) is 0. The van der Waals surface area contributed by atoms with Gasteiger partial charge in [0, 0.05) is 25.6 Å². The molecule has 1 aromatic carbocycles. The number of hydrogen-bond acceptors (Lipinski definition) is 5. The topological polar surface area (TPSA) is 62.9 Å². The minimum absolute atomic E-state index is 0.283. The van der Waals surface area contributed by atoms with E-state index >= 15 is 0 Å². The number of nitrogens with two attached hydrogens (primary N) is 1. The Morgan fingerprint density at radius 2 is 2.00 bits per heavy atom. The van der Waals surface area contributed by atoms with Crippen LogP contribution in [-0.2, 0) is 4.74 Å². The molecule has 5 heteroatoms. The molecule has 1 aliphatic heterocycles. The molecule has 0 saturated heterocycles. The Bertz CT molecular complexity index is 356. The maximum Gasteiger partial charge on any atom is 0.231 e. The number of benzene rings is 1. The molecule has 0 unspecified atom stereocenters. The first-order valence-corrected chi connectivity index (χ1v) is 5.70. The quantitative estimate of drug-likeness (QED) is 0.723. The van der Waals surface area contributed by atoms with Crippen molar-refractivity contribution in [3.63, 3.8) is 0 Å². The third-order valence-electron chi connectivity index (χ3n) is 2.31. The first-order chi connectivity index (χ1) is 8.40. The standard InChI is InChI=1S/C12H17NO4/c13-4-7-14-5-1-6-15-10-2-3-11-12(8-10)17-9-16-11/h2-3,8H,1,4-7,9,13H2. The van der Waals surface area contributed by atoms with E-state index < -0.39 is 0 Å². The molecule has 0 atom stereocenters. The Morgan fingerprint density at radius 1 is 1.12 bits per heavy atom. The monoisotopic (exact) mass is 239 g/mol. The van der Waals surface area contributed by atoms with Crippen molar-refractivity contribution in [1.29, 1.82) is 0 Å². The van der Waals surface area contributed by atoms with Gasteiger partial charge < -0.3 is 24.7 Å². The SMILES string of the molecule is NCCOCCCOc1ccc2c(c1)OCO2. The van der Waals surface area contributed by atoms with Crippen molar-refractivity contribution < 1.29 is 18.9 Å². The molecule has 0 bridgehead atoms. The predicted molar refractivity (Wildman–Crippen MR) is 62.6 cm³/mol. The molecule has 0 radical (unpaired) electrons. The van der Waals surface area contributed by atoms with Crippen LogP contribution >= 0.6 is 0 Å². The van der Waals surface area contributed by atoms with Crippen molar-refractivity contribution >= 4 is 0 Å². The molecular weight excluding hydrogens is 222 g/mol. The third-order valence-corrected chi connectivity index (χ3v) is 2.31. The molecule has 1 heterocycles. The smallest absolute Gasteiger partial charge is 0.231 e. The Balaban J connectivity index is 1.69. The van der Waals surface area contributed by atoms with E-state index in [0.29, 0.717) is 26.4 Å². The fourth-order valence-electron chi connectivity index (χ4n) is 1.50. The van der Waals surface area contributed by atoms with E-state index in [2.05, 4.69) is 0 Å². The van der Waals surface area contributed by atoms with E-state index in [1.165, 1.54) is 0 Å². The Labute approximate surface area is 100 Å². The Hall–Kier alpha value is -1.46. The van der Waals surface area contributed by atoms with Crippen LogP contribution in [0.3, 0.4) is 0 Å². The van der Waals surface area contributed by atoms with Gasteiger partial charge in [-0.05, 0) is 12.1 Å². The zero-order valence-corrected chi connectivity index (χ0v) is 9.69. The van der Waals surface area contributed by atoms with E-state index in [0.717, 1.165) is 23.7 Å². The van der Waals surface area contributed by atoms with Gasteiger partial charge in [-0.2, -0.15) is 0 Å². The molecule has 17 heavy (non-hydrogen) atoms. The van der Waals surface area contributed by atoms with Crippen LogP contribution in [0.15, 0.2) is 18.2 Å². The highest BCUT2D eigenvalue weighted by atomic mass is 16.7. The van der Waals surface area contributed by atoms with Gasteiger partial charge in [-0.15, -0.1) is 0 Å². The molecule has 1 aromatic rings. The van der Waals surface area contributed by atoms with Crippen LogP contribution in [-0.4, -0.2) is 33.2 Å². The first kappa shape index (κ1) is 12.0. The van der Waals surface area contributed by atoms with Crippen LogP contribution in [0.4, 0.5) is 0 Å². The molecule has 2 rings (SSSR count). The van der Waals surface area contributed by atoms with Gasteiger partial charge in [-0.3, -0.25) is 0 Å². The lowest BCUT2D eigenvalue weighted by molar-refractivity contribution is 0.125. The summed E-state index contributed by atoms with van der Waals surface area (Å²) < 4.78 is 21.3. The summed E-state index contributed by atoms with van der Waals surface area (Å²) in [6.45, 7) is 2.73. The summed E-state index contributed by atoms with van der Waals surface area (Å²) in [6.07, 6.45) is 0.842. The summed E-state index contributed by atoms with van der Waals surface area (Å²) >= 11 is 0. The van der Waals surface area contributed by atoms with Gasteiger partial charge in [-0.25, -0.2) is 0 Å². The molecule has 1 aliphatic rings. The minimum Gasteiger partial charge on any atom is -0.493 e. The molecule has 0 aromatic heterocycles. The van der Waals surface area contributed by atoms with Crippen molar-refractivity contribution in [2.24, 2.45) is 5.73 Å². The number of fused-ring (bicyclic) bond motifs is 1. The summed E-state index contributed by atoms with van der Waals surface area (Å²) in [6, 6.07) is 5.56. The second-order valence-corrected chi connectivity index (χ2v) is 3.62. The van der Waals surface area contributed by atoms with Gasteiger partial charge in [-0.1, -0.05) is 0 Å². The van der Waals surface area contributed by atoms with Crippen LogP contribution in [0.2, 0.25) is 0 Å². The first-order valence-electron chi connectivity index (χ1n) is 5.70. The molecule has 0 saturated carbocycles. The molecule has 0 aliphatic carbocycles. The fourth-order valence-corrected chi connectivity index (χ4v) is 1.50. The largest absolute Gasteiger partial charge is 0.493 e. The molecule has 5 nitrogen and oxygen atoms in total. The average Bonchev–Trinajstić information content (AvgIpc) is 2.81. The second kappa shape index (κ2) is 6.32. The Morgan fingerprint density at radius 3 is 2.88 bits per heavy atom. The van der Waals surface area contributed by atoms with Crippen LogP contribution in [0.5, 0.6) is 17.2 Å². The molecule has 2 N–H and O–H groups in total. The lowest BCUT2D eigenvalue weighted by atomic mass is 10.3. The highest BCUT2D eigenvalue weighted by molar-refractivity contribution is 5.46. The van der Waals surface area contributed by atoms with Gasteiger partial charge in [0.05, 0.1) is 13.2 Å². The zero-order chi connectivity index (χ0) is 11.9. The van der Waals surface area contributed by atoms with Gasteiger partial charge in [0.2, 0.25) is 6.79 Å². The molecule has 0 amide bonds. The van der Waals surface area contributed by atoms with Gasteiger partial charge in [0.25, 0.3) is 0 Å². The van der Waals surface area contributed by atoms with Gasteiger partial charge in [0.1, 0.15) is 5.75 Å². The normalized spacial score (nSPS) is 12.8. The lowest BCUT2D eigenvalue weighted by Gasteiger charge is -2.07. The van der Waals surface area contributed by atoms with Crippen LogP contribution in [0, 0.1) is 0 Å². The van der Waals surface area contributed by atoms with E-state index in [1.807, 2.05) is 18.2 Å². The number of hydrogen-bond donors (Lipinski definition) is 1. The highest BCUT2D eigenvalue weighted by Gasteiger charge is 2.13. The summed E-state index contributed by atoms with van der Waals surface area (Å²) in [5, 5.41) is 0. The summed E-state index contributed by atoms with van der Waals surface area (Å²) in [5.41, 5.74) is 5.30. The van der Waals surface area contributed by atoms with E-state index in [9.17, 15) is 0 Å². The van der Waals surface area contributed by atoms with Crippen molar-refractivity contribution in [2.75, 3.05) is 33.2 Å². The predicted octanol–water partition coefficient (Wildman–Crippen LogP) is 1.16. The van der Waals surface area contributed by atoms with E-state index in [-0.39, 0.29) is 6.79 Å². The van der Waals surface area contributed by atoms with Crippen molar-refractivity contribution in [1.82, 2.24) is 0 Å². The lowest BCUT2D eigenvalue weighted by Crippen LogP contribution is -2.10. The number of rotatable bonds is 7. The van der Waals surface area contributed by atoms with Crippen LogP contribution < -0.4 is 19.9 Å². The fraction of sp³-hybridized carbons (Fsp3) is 0.500. The molecule has 0 fully saturated rings. The van der Waals surface area contributed by atoms with E-state index in [1.54, 1.807) is 0 Å². The van der Waals surface area contributed by atoms with Crippen LogP contribution in [0.25, 0.3) is 0 Å². The maximum absolute atomic E-state index is 5.56. The zero-order valence-electron chi connectivity index (χ0n) is 9.69. The van der Waals surface area contributed by atoms with Gasteiger partial charge in [0.15, 0.2) is 11.5 Å². The van der Waals surface area contributed by atoms with Gasteiger partial charge >= 0.3 is 0 Å². The van der Waals surface area contributed by atoms with Crippen molar-refractivity contribution in [2.45, 2.75) is 6.42 Å². The molecule has 0 spiro atoms. The van der Waals surface area contributed by atoms with Crippen molar-refractivity contribution in [3.05, 3.63) is 18.2 Å². The highest BCUT2D eigenvalue weighted by Crippen LogP contribution is 2.34. The maximum atomic E-state index is 5.56. The molecular formula is C12H17NO4. The number of ether oxygens (including phenoxy) is 4. The average molecular weight is 239 g/mol. The molecule has 94 valence electrons. The third kappa shape index (κ3) is 3.51. The Kier molecular flexibility index (Phi) is 4.46.